The maximum Gasteiger partial charge on any atom is 0.183 e. The minimum atomic E-state index is -0.423. The molecule has 0 radical (unpaired) electrons. The second-order valence-corrected chi connectivity index (χ2v) is 2.40. The van der Waals surface area contributed by atoms with Crippen molar-refractivity contribution in [2.45, 2.75) is 0 Å². The van der Waals surface area contributed by atoms with Crippen LogP contribution in [0.5, 0.6) is 0 Å². The zero-order valence-electron chi connectivity index (χ0n) is 6.87. The summed E-state index contributed by atoms with van der Waals surface area (Å²) < 4.78 is 13.0. The summed E-state index contributed by atoms with van der Waals surface area (Å²) >= 11 is 0. The zero-order chi connectivity index (χ0) is 8.97. The molecule has 0 aliphatic heterocycles. The van der Waals surface area contributed by atoms with Crippen LogP contribution in [-0.4, -0.2) is 30.1 Å². The Bertz CT molecular complexity index is 253. The fourth-order valence-corrected chi connectivity index (χ4v) is 0.887. The lowest BCUT2D eigenvalue weighted by Crippen LogP contribution is -2.26. The molecule has 1 rings (SSSR count). The van der Waals surface area contributed by atoms with Crippen molar-refractivity contribution < 1.29 is 4.39 Å². The van der Waals surface area contributed by atoms with Crippen LogP contribution in [0.25, 0.3) is 0 Å². The van der Waals surface area contributed by atoms with Gasteiger partial charge in [0.25, 0.3) is 0 Å². The third-order valence-corrected chi connectivity index (χ3v) is 1.47. The zero-order valence-corrected chi connectivity index (χ0v) is 6.87. The first-order chi connectivity index (χ1) is 5.75. The molecule has 0 amide bonds. The summed E-state index contributed by atoms with van der Waals surface area (Å²) in [6.45, 7) is 1.05. The molecule has 66 valence electrons. The number of nitrogens with two attached hydrogens (primary N) is 1. The van der Waals surface area contributed by atoms with Crippen molar-refractivity contribution in [2.75, 3.05) is 25.0 Å². The van der Waals surface area contributed by atoms with E-state index in [1.807, 2.05) is 0 Å². The van der Waals surface area contributed by atoms with Gasteiger partial charge in [0.2, 0.25) is 0 Å². The van der Waals surface area contributed by atoms with Crippen molar-refractivity contribution in [3.8, 4) is 0 Å². The van der Waals surface area contributed by atoms with Crippen LogP contribution in [0.4, 0.5) is 10.2 Å². The van der Waals surface area contributed by atoms with Crippen LogP contribution in [-0.2, 0) is 0 Å². The van der Waals surface area contributed by atoms with Gasteiger partial charge in [0.1, 0.15) is 6.33 Å². The van der Waals surface area contributed by atoms with Crippen LogP contribution < -0.4 is 10.6 Å². The number of hydrogen-bond donors (Lipinski definition) is 1. The highest BCUT2D eigenvalue weighted by Gasteiger charge is 2.06. The quantitative estimate of drug-likeness (QED) is 0.694. The van der Waals surface area contributed by atoms with E-state index < -0.39 is 5.82 Å². The first kappa shape index (κ1) is 8.86. The lowest BCUT2D eigenvalue weighted by atomic mass is 10.5. The summed E-state index contributed by atoms with van der Waals surface area (Å²) in [6, 6.07) is 0. The summed E-state index contributed by atoms with van der Waals surface area (Å²) in [6.07, 6.45) is 2.45. The van der Waals surface area contributed by atoms with E-state index in [0.717, 1.165) is 6.20 Å². The number of likely N-dealkylation sites (N-methyl/N-ethyl adjacent to an activating group) is 1. The lowest BCUT2D eigenvalue weighted by Gasteiger charge is -2.16. The second kappa shape index (κ2) is 3.96. The molecule has 4 nitrogen and oxygen atoms in total. The van der Waals surface area contributed by atoms with Gasteiger partial charge in [-0.25, -0.2) is 14.4 Å². The van der Waals surface area contributed by atoms with Gasteiger partial charge in [0.05, 0.1) is 6.20 Å². The maximum atomic E-state index is 13.0. The van der Waals surface area contributed by atoms with Gasteiger partial charge in [0.15, 0.2) is 11.6 Å². The standard InChI is InChI=1S/C7H11FN4/c1-12(3-2-9)7-6(8)4-10-5-11-7/h4-5H,2-3,9H2,1H3. The highest BCUT2D eigenvalue weighted by Crippen LogP contribution is 2.10. The SMILES string of the molecule is CN(CCN)c1ncncc1F. The molecule has 0 fully saturated rings. The molecule has 0 aromatic carbocycles. The molecule has 0 aliphatic rings. The summed E-state index contributed by atoms with van der Waals surface area (Å²) in [5, 5.41) is 0. The van der Waals surface area contributed by atoms with Crippen LogP contribution in [0.1, 0.15) is 0 Å². The van der Waals surface area contributed by atoms with Crippen molar-refractivity contribution in [1.82, 2.24) is 9.97 Å². The topological polar surface area (TPSA) is 55.0 Å². The fourth-order valence-electron chi connectivity index (χ4n) is 0.887. The molecule has 5 heteroatoms. The summed E-state index contributed by atoms with van der Waals surface area (Å²) in [5.41, 5.74) is 5.31. The normalized spacial score (nSPS) is 9.92. The summed E-state index contributed by atoms with van der Waals surface area (Å²) in [5.74, 6) is -0.135. The summed E-state index contributed by atoms with van der Waals surface area (Å²) in [4.78, 5) is 8.97. The van der Waals surface area contributed by atoms with Crippen molar-refractivity contribution in [3.05, 3.63) is 18.3 Å². The van der Waals surface area contributed by atoms with E-state index in [1.54, 1.807) is 11.9 Å². The van der Waals surface area contributed by atoms with E-state index in [9.17, 15) is 4.39 Å². The van der Waals surface area contributed by atoms with Crippen LogP contribution in [0.2, 0.25) is 0 Å². The van der Waals surface area contributed by atoms with Crippen LogP contribution in [0, 0.1) is 5.82 Å². The van der Waals surface area contributed by atoms with Crippen LogP contribution >= 0.6 is 0 Å². The predicted octanol–water partition coefficient (Wildman–Crippen LogP) is 0.0106. The minimum absolute atomic E-state index is 0.287. The van der Waals surface area contributed by atoms with Crippen LogP contribution in [0.3, 0.4) is 0 Å². The number of nitrogens with zero attached hydrogens (tertiary/aromatic N) is 3. The maximum absolute atomic E-state index is 13.0. The molecule has 0 aliphatic carbocycles. The van der Waals surface area contributed by atoms with Crippen molar-refractivity contribution >= 4 is 5.82 Å². The van der Waals surface area contributed by atoms with Gasteiger partial charge in [0, 0.05) is 20.1 Å². The largest absolute Gasteiger partial charge is 0.356 e. The third kappa shape index (κ3) is 1.88. The van der Waals surface area contributed by atoms with E-state index >= 15 is 0 Å². The monoisotopic (exact) mass is 170 g/mol. The molecule has 0 spiro atoms. The smallest absolute Gasteiger partial charge is 0.183 e. The molecule has 12 heavy (non-hydrogen) atoms. The van der Waals surface area contributed by atoms with E-state index in [2.05, 4.69) is 9.97 Å². The Morgan fingerprint density at radius 3 is 3.00 bits per heavy atom. The molecule has 1 aromatic rings. The number of halogens is 1. The minimum Gasteiger partial charge on any atom is -0.356 e. The molecular formula is C7H11FN4. The van der Waals surface area contributed by atoms with Crippen molar-refractivity contribution in [3.63, 3.8) is 0 Å². The number of rotatable bonds is 3. The second-order valence-electron chi connectivity index (χ2n) is 2.40. The Balaban J connectivity index is 2.79. The Labute approximate surface area is 70.2 Å². The number of hydrogen-bond acceptors (Lipinski definition) is 4. The van der Waals surface area contributed by atoms with Gasteiger partial charge >= 0.3 is 0 Å². The van der Waals surface area contributed by atoms with Gasteiger partial charge in [-0.3, -0.25) is 0 Å². The highest BCUT2D eigenvalue weighted by molar-refractivity contribution is 5.36. The molecule has 0 unspecified atom stereocenters. The average Bonchev–Trinajstić information content (AvgIpc) is 2.05. The lowest BCUT2D eigenvalue weighted by molar-refractivity contribution is 0.607. The molecule has 1 heterocycles. The Kier molecular flexibility index (Phi) is 2.93. The molecule has 1 aromatic heterocycles. The average molecular weight is 170 g/mol. The third-order valence-electron chi connectivity index (χ3n) is 1.47. The first-order valence-electron chi connectivity index (χ1n) is 3.62. The van der Waals surface area contributed by atoms with E-state index in [1.165, 1.54) is 6.33 Å². The van der Waals surface area contributed by atoms with Crippen molar-refractivity contribution in [1.29, 1.82) is 0 Å². The van der Waals surface area contributed by atoms with Gasteiger partial charge in [-0.2, -0.15) is 0 Å². The van der Waals surface area contributed by atoms with E-state index in [-0.39, 0.29) is 5.82 Å². The molecule has 0 saturated carbocycles. The molecule has 0 saturated heterocycles. The number of aromatic nitrogens is 2. The van der Waals surface area contributed by atoms with Gasteiger partial charge in [-0.05, 0) is 0 Å². The molecule has 2 N–H and O–H groups in total. The Hall–Kier alpha value is -1.23. The van der Waals surface area contributed by atoms with E-state index in [4.69, 9.17) is 5.73 Å². The Morgan fingerprint density at radius 1 is 1.67 bits per heavy atom. The van der Waals surface area contributed by atoms with Crippen molar-refractivity contribution in [2.24, 2.45) is 5.73 Å². The van der Waals surface area contributed by atoms with Gasteiger partial charge in [-0.1, -0.05) is 0 Å². The van der Waals surface area contributed by atoms with Gasteiger partial charge < -0.3 is 10.6 Å². The van der Waals surface area contributed by atoms with Crippen LogP contribution in [0.15, 0.2) is 12.5 Å². The highest BCUT2D eigenvalue weighted by atomic mass is 19.1. The summed E-state index contributed by atoms with van der Waals surface area (Å²) in [7, 11) is 1.73. The molecule has 0 bridgehead atoms. The first-order valence-corrected chi connectivity index (χ1v) is 3.62. The molecule has 0 atom stereocenters. The predicted molar refractivity (Wildman–Crippen MR) is 44.3 cm³/mol. The Morgan fingerprint density at radius 2 is 2.42 bits per heavy atom. The van der Waals surface area contributed by atoms with Gasteiger partial charge in [-0.15, -0.1) is 0 Å². The van der Waals surface area contributed by atoms with E-state index in [0.29, 0.717) is 13.1 Å². The fraction of sp³-hybridized carbons (Fsp3) is 0.429. The number of anilines is 1. The molecular weight excluding hydrogens is 159 g/mol.